The summed E-state index contributed by atoms with van der Waals surface area (Å²) in [4.78, 5) is 0. The number of hydrogen-bond acceptors (Lipinski definition) is 3. The summed E-state index contributed by atoms with van der Waals surface area (Å²) in [7, 11) is 0. The van der Waals surface area contributed by atoms with Crippen molar-refractivity contribution in [2.24, 2.45) is 5.92 Å². The van der Waals surface area contributed by atoms with Crippen LogP contribution >= 0.6 is 0 Å². The Bertz CT molecular complexity index is 377. The smallest absolute Gasteiger partial charge is 0.161 e. The second-order valence-corrected chi connectivity index (χ2v) is 5.22. The Labute approximate surface area is 116 Å². The van der Waals surface area contributed by atoms with Crippen molar-refractivity contribution in [2.75, 3.05) is 19.8 Å². The van der Waals surface area contributed by atoms with Crippen molar-refractivity contribution >= 4 is 0 Å². The number of ether oxygens (including phenoxy) is 2. The molecule has 0 heterocycles. The van der Waals surface area contributed by atoms with Crippen LogP contribution in [-0.4, -0.2) is 25.8 Å². The van der Waals surface area contributed by atoms with Crippen LogP contribution in [0.3, 0.4) is 0 Å². The second-order valence-electron chi connectivity index (χ2n) is 5.22. The van der Waals surface area contributed by atoms with Gasteiger partial charge in [-0.2, -0.15) is 0 Å². The van der Waals surface area contributed by atoms with Crippen molar-refractivity contribution < 1.29 is 9.47 Å². The van der Waals surface area contributed by atoms with E-state index in [0.29, 0.717) is 12.6 Å². The predicted octanol–water partition coefficient (Wildman–Crippen LogP) is 3.24. The normalized spacial score (nSPS) is 16.1. The number of rotatable bonds is 9. The van der Waals surface area contributed by atoms with Crippen LogP contribution < -0.4 is 14.8 Å². The third-order valence-electron chi connectivity index (χ3n) is 3.47. The van der Waals surface area contributed by atoms with Gasteiger partial charge in [0.2, 0.25) is 0 Å². The minimum atomic E-state index is 0.621. The fraction of sp³-hybridized carbons (Fsp3) is 0.625. The highest BCUT2D eigenvalue weighted by Gasteiger charge is 2.27. The van der Waals surface area contributed by atoms with Crippen molar-refractivity contribution in [2.45, 2.75) is 39.2 Å². The van der Waals surface area contributed by atoms with Crippen LogP contribution in [0.2, 0.25) is 0 Å². The van der Waals surface area contributed by atoms with E-state index in [1.165, 1.54) is 12.8 Å². The van der Waals surface area contributed by atoms with E-state index in [0.717, 1.165) is 37.0 Å². The van der Waals surface area contributed by atoms with Gasteiger partial charge in [0.15, 0.2) is 11.5 Å². The molecule has 1 N–H and O–H groups in total. The van der Waals surface area contributed by atoms with E-state index in [1.807, 2.05) is 24.3 Å². The zero-order chi connectivity index (χ0) is 13.5. The molecule has 1 aromatic rings. The topological polar surface area (TPSA) is 30.5 Å². The number of hydrogen-bond donors (Lipinski definition) is 1. The van der Waals surface area contributed by atoms with Gasteiger partial charge in [0.1, 0.15) is 6.61 Å². The number of para-hydroxylation sites is 2. The molecule has 3 nitrogen and oxygen atoms in total. The summed E-state index contributed by atoms with van der Waals surface area (Å²) in [5, 5.41) is 3.51. The first kappa shape index (κ1) is 14.2. The molecule has 0 bridgehead atoms. The largest absolute Gasteiger partial charge is 0.490 e. The standard InChI is InChI=1S/C16H25NO2/c1-3-11-18-15-6-4-5-7-16(15)19-12-10-17-13(2)14-8-9-14/h4-7,13-14,17H,3,8-12H2,1-2H3. The average molecular weight is 263 g/mol. The van der Waals surface area contributed by atoms with Crippen LogP contribution in [0.1, 0.15) is 33.1 Å². The molecule has 1 saturated carbocycles. The Morgan fingerprint density at radius 2 is 1.79 bits per heavy atom. The van der Waals surface area contributed by atoms with Gasteiger partial charge in [0, 0.05) is 12.6 Å². The maximum Gasteiger partial charge on any atom is 0.161 e. The highest BCUT2D eigenvalue weighted by molar-refractivity contribution is 5.39. The quantitative estimate of drug-likeness (QED) is 0.694. The van der Waals surface area contributed by atoms with E-state index >= 15 is 0 Å². The van der Waals surface area contributed by atoms with Gasteiger partial charge >= 0.3 is 0 Å². The number of nitrogens with one attached hydrogen (secondary N) is 1. The molecule has 0 aromatic heterocycles. The molecule has 0 saturated heterocycles. The Morgan fingerprint density at radius 3 is 2.37 bits per heavy atom. The zero-order valence-corrected chi connectivity index (χ0v) is 12.0. The molecule has 106 valence electrons. The first-order valence-electron chi connectivity index (χ1n) is 7.39. The van der Waals surface area contributed by atoms with Crippen molar-refractivity contribution in [3.63, 3.8) is 0 Å². The summed E-state index contributed by atoms with van der Waals surface area (Å²) in [6, 6.07) is 8.51. The molecule has 1 atom stereocenters. The van der Waals surface area contributed by atoms with Crippen LogP contribution in [0.5, 0.6) is 11.5 Å². The van der Waals surface area contributed by atoms with Crippen LogP contribution in [0.15, 0.2) is 24.3 Å². The highest BCUT2D eigenvalue weighted by atomic mass is 16.5. The fourth-order valence-electron chi connectivity index (χ4n) is 2.11. The van der Waals surface area contributed by atoms with Crippen molar-refractivity contribution in [3.8, 4) is 11.5 Å². The molecule has 1 unspecified atom stereocenters. The summed E-state index contributed by atoms with van der Waals surface area (Å²) < 4.78 is 11.5. The monoisotopic (exact) mass is 263 g/mol. The predicted molar refractivity (Wildman–Crippen MR) is 77.9 cm³/mol. The molecule has 1 fully saturated rings. The first-order chi connectivity index (χ1) is 9.31. The van der Waals surface area contributed by atoms with E-state index in [9.17, 15) is 0 Å². The molecule has 1 aliphatic rings. The molecular formula is C16H25NO2. The molecular weight excluding hydrogens is 238 g/mol. The average Bonchev–Trinajstić information content (AvgIpc) is 3.26. The van der Waals surface area contributed by atoms with Gasteiger partial charge in [-0.3, -0.25) is 0 Å². The molecule has 0 aliphatic heterocycles. The third-order valence-corrected chi connectivity index (χ3v) is 3.47. The van der Waals surface area contributed by atoms with E-state index in [-0.39, 0.29) is 0 Å². The molecule has 0 radical (unpaired) electrons. The Balaban J connectivity index is 1.71. The van der Waals surface area contributed by atoms with Crippen molar-refractivity contribution in [3.05, 3.63) is 24.3 Å². The lowest BCUT2D eigenvalue weighted by Crippen LogP contribution is -2.31. The van der Waals surface area contributed by atoms with Crippen LogP contribution in [-0.2, 0) is 0 Å². The Kier molecular flexibility index (Phi) is 5.52. The van der Waals surface area contributed by atoms with Crippen molar-refractivity contribution in [1.29, 1.82) is 0 Å². The van der Waals surface area contributed by atoms with Gasteiger partial charge in [-0.1, -0.05) is 19.1 Å². The van der Waals surface area contributed by atoms with Gasteiger partial charge in [-0.15, -0.1) is 0 Å². The zero-order valence-electron chi connectivity index (χ0n) is 12.0. The summed E-state index contributed by atoms with van der Waals surface area (Å²) in [5.41, 5.74) is 0. The van der Waals surface area contributed by atoms with Gasteiger partial charge in [0.05, 0.1) is 6.61 Å². The minimum Gasteiger partial charge on any atom is -0.490 e. The molecule has 19 heavy (non-hydrogen) atoms. The summed E-state index contributed by atoms with van der Waals surface area (Å²) in [6.45, 7) is 6.67. The second kappa shape index (κ2) is 7.39. The maximum atomic E-state index is 5.80. The van der Waals surface area contributed by atoms with E-state index in [4.69, 9.17) is 9.47 Å². The fourth-order valence-corrected chi connectivity index (χ4v) is 2.11. The van der Waals surface area contributed by atoms with Gasteiger partial charge < -0.3 is 14.8 Å². The molecule has 0 spiro atoms. The SMILES string of the molecule is CCCOc1ccccc1OCCNC(C)C1CC1. The summed E-state index contributed by atoms with van der Waals surface area (Å²) >= 11 is 0. The third kappa shape index (κ3) is 4.75. The van der Waals surface area contributed by atoms with Crippen LogP contribution in [0.4, 0.5) is 0 Å². The van der Waals surface area contributed by atoms with Crippen LogP contribution in [0.25, 0.3) is 0 Å². The lowest BCUT2D eigenvalue weighted by atomic mass is 10.2. The van der Waals surface area contributed by atoms with Crippen LogP contribution in [0, 0.1) is 5.92 Å². The molecule has 3 heteroatoms. The highest BCUT2D eigenvalue weighted by Crippen LogP contribution is 2.32. The Hall–Kier alpha value is -1.22. The first-order valence-corrected chi connectivity index (χ1v) is 7.39. The molecule has 1 aliphatic carbocycles. The van der Waals surface area contributed by atoms with E-state index < -0.39 is 0 Å². The van der Waals surface area contributed by atoms with Gasteiger partial charge in [0.25, 0.3) is 0 Å². The Morgan fingerprint density at radius 1 is 1.16 bits per heavy atom. The molecule has 2 rings (SSSR count). The number of benzene rings is 1. The lowest BCUT2D eigenvalue weighted by Gasteiger charge is -2.15. The maximum absolute atomic E-state index is 5.80. The molecule has 0 amide bonds. The van der Waals surface area contributed by atoms with Gasteiger partial charge in [-0.25, -0.2) is 0 Å². The summed E-state index contributed by atoms with van der Waals surface area (Å²) in [6.07, 6.45) is 3.76. The van der Waals surface area contributed by atoms with E-state index in [1.54, 1.807) is 0 Å². The van der Waals surface area contributed by atoms with E-state index in [2.05, 4.69) is 19.2 Å². The van der Waals surface area contributed by atoms with Gasteiger partial charge in [-0.05, 0) is 44.2 Å². The lowest BCUT2D eigenvalue weighted by molar-refractivity contribution is 0.264. The summed E-state index contributed by atoms with van der Waals surface area (Å²) in [5.74, 6) is 2.58. The van der Waals surface area contributed by atoms with Crippen molar-refractivity contribution in [1.82, 2.24) is 5.32 Å². The minimum absolute atomic E-state index is 0.621. The molecule has 1 aromatic carbocycles.